The molecule has 0 aromatic carbocycles. The van der Waals surface area contributed by atoms with Gasteiger partial charge in [-0.1, -0.05) is 24.8 Å². The zero-order chi connectivity index (χ0) is 23.7. The highest BCUT2D eigenvalue weighted by Crippen LogP contribution is 2.40. The van der Waals surface area contributed by atoms with Gasteiger partial charge in [-0.25, -0.2) is 0 Å². The molecule has 0 radical (unpaired) electrons. The first-order valence-electron chi connectivity index (χ1n) is 11.7. The summed E-state index contributed by atoms with van der Waals surface area (Å²) in [5.74, 6) is 1.56. The van der Waals surface area contributed by atoms with Crippen LogP contribution >= 0.6 is 34.4 Å². The lowest BCUT2D eigenvalue weighted by Crippen LogP contribution is -2.15. The first-order chi connectivity index (χ1) is 16.6. The molecular formula is C25H27N5OS3. The van der Waals surface area contributed by atoms with Crippen LogP contribution < -0.4 is 5.32 Å². The SMILES string of the molecule is C=CCn1c(SCC(=O)Nc2sc3c(c2C#N)CCC(C)C3)nnc1-c1csc2c1CCCC2. The first kappa shape index (κ1) is 23.3. The van der Waals surface area contributed by atoms with Crippen molar-refractivity contribution in [2.75, 3.05) is 11.1 Å². The number of aromatic nitrogens is 3. The minimum Gasteiger partial charge on any atom is -0.316 e. The molecule has 1 N–H and O–H groups in total. The highest BCUT2D eigenvalue weighted by Gasteiger charge is 2.25. The summed E-state index contributed by atoms with van der Waals surface area (Å²) in [6.45, 7) is 6.73. The van der Waals surface area contributed by atoms with Gasteiger partial charge in [-0.05, 0) is 62.0 Å². The molecule has 1 unspecified atom stereocenters. The van der Waals surface area contributed by atoms with Crippen LogP contribution in [-0.2, 0) is 37.0 Å². The second-order valence-corrected chi connectivity index (χ2v) is 12.0. The van der Waals surface area contributed by atoms with Crippen LogP contribution in [0.2, 0.25) is 0 Å². The van der Waals surface area contributed by atoms with E-state index in [1.54, 1.807) is 11.3 Å². The molecule has 1 atom stereocenters. The highest BCUT2D eigenvalue weighted by molar-refractivity contribution is 7.99. The lowest BCUT2D eigenvalue weighted by molar-refractivity contribution is -0.113. The Morgan fingerprint density at radius 2 is 2.18 bits per heavy atom. The van der Waals surface area contributed by atoms with E-state index in [4.69, 9.17) is 0 Å². The molecule has 3 heterocycles. The van der Waals surface area contributed by atoms with Crippen molar-refractivity contribution in [3.05, 3.63) is 44.5 Å². The van der Waals surface area contributed by atoms with Gasteiger partial charge in [-0.15, -0.1) is 39.4 Å². The van der Waals surface area contributed by atoms with Crippen LogP contribution in [0.15, 0.2) is 23.2 Å². The van der Waals surface area contributed by atoms with Gasteiger partial charge in [0.25, 0.3) is 0 Å². The summed E-state index contributed by atoms with van der Waals surface area (Å²) in [6.07, 6.45) is 9.53. The molecule has 176 valence electrons. The second kappa shape index (κ2) is 10.1. The number of thiophene rings is 2. The van der Waals surface area contributed by atoms with E-state index in [-0.39, 0.29) is 11.7 Å². The number of anilines is 1. The molecule has 2 aliphatic carbocycles. The van der Waals surface area contributed by atoms with E-state index < -0.39 is 0 Å². The lowest BCUT2D eigenvalue weighted by Gasteiger charge is -2.17. The number of allylic oxidation sites excluding steroid dienone is 1. The number of nitrogens with one attached hydrogen (secondary N) is 1. The van der Waals surface area contributed by atoms with Gasteiger partial charge in [-0.3, -0.25) is 9.36 Å². The van der Waals surface area contributed by atoms with Gasteiger partial charge in [-0.2, -0.15) is 5.26 Å². The number of aryl methyl sites for hydroxylation is 1. The van der Waals surface area contributed by atoms with Crippen LogP contribution in [0.25, 0.3) is 11.4 Å². The molecule has 3 aromatic heterocycles. The maximum atomic E-state index is 12.8. The van der Waals surface area contributed by atoms with Crippen molar-refractivity contribution in [2.45, 2.75) is 63.6 Å². The van der Waals surface area contributed by atoms with Crippen molar-refractivity contribution in [3.8, 4) is 17.5 Å². The zero-order valence-corrected chi connectivity index (χ0v) is 21.7. The Balaban J connectivity index is 1.31. The quantitative estimate of drug-likeness (QED) is 0.319. The normalized spacial score (nSPS) is 17.0. The molecule has 0 bridgehead atoms. The Labute approximate surface area is 212 Å². The van der Waals surface area contributed by atoms with Crippen molar-refractivity contribution in [3.63, 3.8) is 0 Å². The summed E-state index contributed by atoms with van der Waals surface area (Å²) in [7, 11) is 0. The fourth-order valence-electron chi connectivity index (χ4n) is 4.82. The Bertz CT molecular complexity index is 1280. The summed E-state index contributed by atoms with van der Waals surface area (Å²) < 4.78 is 2.05. The Morgan fingerprint density at radius 3 is 3.00 bits per heavy atom. The third-order valence-electron chi connectivity index (χ3n) is 6.54. The molecule has 3 aromatic rings. The molecule has 1 amide bonds. The van der Waals surface area contributed by atoms with Gasteiger partial charge >= 0.3 is 0 Å². The Hall–Kier alpha value is -2.41. The molecule has 5 rings (SSSR count). The van der Waals surface area contributed by atoms with Gasteiger partial charge in [0, 0.05) is 27.2 Å². The third-order valence-corrected chi connectivity index (χ3v) is 9.76. The van der Waals surface area contributed by atoms with Gasteiger partial charge < -0.3 is 5.32 Å². The minimum absolute atomic E-state index is 0.129. The van der Waals surface area contributed by atoms with Crippen molar-refractivity contribution in [1.29, 1.82) is 5.26 Å². The van der Waals surface area contributed by atoms with E-state index in [2.05, 4.69) is 40.5 Å². The van der Waals surface area contributed by atoms with Crippen LogP contribution in [-0.4, -0.2) is 26.4 Å². The molecule has 34 heavy (non-hydrogen) atoms. The predicted octanol–water partition coefficient (Wildman–Crippen LogP) is 5.86. The molecule has 0 aliphatic heterocycles. The molecule has 6 nitrogen and oxygen atoms in total. The van der Waals surface area contributed by atoms with E-state index in [0.717, 1.165) is 43.5 Å². The number of hydrogen-bond acceptors (Lipinski definition) is 7. The fourth-order valence-corrected chi connectivity index (χ4v) is 8.07. The van der Waals surface area contributed by atoms with Crippen molar-refractivity contribution in [1.82, 2.24) is 14.8 Å². The monoisotopic (exact) mass is 509 g/mol. The summed E-state index contributed by atoms with van der Waals surface area (Å²) >= 11 is 4.75. The number of carbonyl (C=O) groups excluding carboxylic acids is 1. The number of amides is 1. The number of rotatable bonds is 7. The van der Waals surface area contributed by atoms with Crippen LogP contribution in [0.1, 0.15) is 52.6 Å². The zero-order valence-electron chi connectivity index (χ0n) is 19.2. The second-order valence-electron chi connectivity index (χ2n) is 8.97. The molecule has 0 saturated carbocycles. The van der Waals surface area contributed by atoms with E-state index in [9.17, 15) is 10.1 Å². The summed E-state index contributed by atoms with van der Waals surface area (Å²) in [5.41, 5.74) is 4.35. The standard InChI is InChI=1S/C25H27N5OS3/c1-3-10-30-23(19-13-32-20-7-5-4-6-16(19)20)28-29-25(30)33-14-22(31)27-24-18(12-26)17-9-8-15(2)11-21(17)34-24/h3,13,15H,1,4-11,14H2,2H3,(H,27,31). The smallest absolute Gasteiger partial charge is 0.235 e. The average molecular weight is 510 g/mol. The topological polar surface area (TPSA) is 83.6 Å². The lowest BCUT2D eigenvalue weighted by atomic mass is 9.89. The van der Waals surface area contributed by atoms with Crippen LogP contribution in [0, 0.1) is 17.2 Å². The van der Waals surface area contributed by atoms with E-state index >= 15 is 0 Å². The number of nitriles is 1. The Morgan fingerprint density at radius 1 is 1.32 bits per heavy atom. The summed E-state index contributed by atoms with van der Waals surface area (Å²) in [5, 5.41) is 25.2. The number of carbonyl (C=O) groups is 1. The van der Waals surface area contributed by atoms with Gasteiger partial charge in [0.05, 0.1) is 11.3 Å². The van der Waals surface area contributed by atoms with Gasteiger partial charge in [0.15, 0.2) is 11.0 Å². The van der Waals surface area contributed by atoms with Gasteiger partial charge in [0.1, 0.15) is 11.1 Å². The molecule has 0 saturated heterocycles. The minimum atomic E-state index is -0.129. The van der Waals surface area contributed by atoms with Crippen molar-refractivity contribution in [2.24, 2.45) is 5.92 Å². The van der Waals surface area contributed by atoms with E-state index in [1.807, 2.05) is 22.0 Å². The fraction of sp³-hybridized carbons (Fsp3) is 0.440. The maximum absolute atomic E-state index is 12.8. The summed E-state index contributed by atoms with van der Waals surface area (Å²) in [6, 6.07) is 2.32. The third kappa shape index (κ3) is 4.47. The number of hydrogen-bond donors (Lipinski definition) is 1. The predicted molar refractivity (Wildman–Crippen MR) is 140 cm³/mol. The average Bonchev–Trinajstić information content (AvgIpc) is 3.52. The number of fused-ring (bicyclic) bond motifs is 2. The number of thioether (sulfide) groups is 1. The van der Waals surface area contributed by atoms with Crippen LogP contribution in [0.3, 0.4) is 0 Å². The first-order valence-corrected chi connectivity index (χ1v) is 14.4. The molecule has 0 fully saturated rings. The molecule has 0 spiro atoms. The molecule has 2 aliphatic rings. The largest absolute Gasteiger partial charge is 0.316 e. The number of nitrogens with zero attached hydrogens (tertiary/aromatic N) is 4. The van der Waals surface area contributed by atoms with Gasteiger partial charge in [0.2, 0.25) is 5.91 Å². The Kier molecular flexibility index (Phi) is 6.91. The van der Waals surface area contributed by atoms with E-state index in [1.165, 1.54) is 45.5 Å². The van der Waals surface area contributed by atoms with Crippen molar-refractivity contribution >= 4 is 45.3 Å². The van der Waals surface area contributed by atoms with Crippen molar-refractivity contribution < 1.29 is 4.79 Å². The summed E-state index contributed by atoms with van der Waals surface area (Å²) in [4.78, 5) is 15.5. The van der Waals surface area contributed by atoms with Crippen LogP contribution in [0.4, 0.5) is 5.00 Å². The molecular weight excluding hydrogens is 483 g/mol. The maximum Gasteiger partial charge on any atom is 0.235 e. The highest BCUT2D eigenvalue weighted by atomic mass is 32.2. The van der Waals surface area contributed by atoms with Crippen LogP contribution in [0.5, 0.6) is 0 Å². The molecule has 9 heteroatoms. The van der Waals surface area contributed by atoms with E-state index in [0.29, 0.717) is 28.2 Å².